The number of aromatic nitrogens is 1. The lowest BCUT2D eigenvalue weighted by Crippen LogP contribution is -2.35. The molecule has 2 aromatic carbocycles. The molecule has 30 heavy (non-hydrogen) atoms. The zero-order valence-electron chi connectivity index (χ0n) is 16.9. The smallest absolute Gasteiger partial charge is 0.404 e. The number of aromatic amines is 1. The predicted octanol–water partition coefficient (Wildman–Crippen LogP) is 4.96. The fraction of sp³-hybridized carbons (Fsp3) is 0.217. The number of nitrogens with one attached hydrogen (secondary N) is 2. The number of fused-ring (bicyclic) bond motifs is 3. The van der Waals surface area contributed by atoms with Crippen LogP contribution in [0.2, 0.25) is 0 Å². The summed E-state index contributed by atoms with van der Waals surface area (Å²) in [5, 5.41) is 15.1. The normalized spacial score (nSPS) is 11.7. The third-order valence-electron chi connectivity index (χ3n) is 5.41. The number of carbonyl (C=O) groups is 1. The number of thiophene rings is 1. The number of amides is 1. The SMILES string of the molecule is COc1ccc2[nH]c(=O)c3sccc3c2c1-c1ccc(C(C)(C)CNC(=O)O)cc1. The van der Waals surface area contributed by atoms with Gasteiger partial charge in [-0.3, -0.25) is 4.79 Å². The van der Waals surface area contributed by atoms with Gasteiger partial charge in [0.1, 0.15) is 10.4 Å². The van der Waals surface area contributed by atoms with E-state index in [1.165, 1.54) is 11.3 Å². The molecular formula is C23H22N2O4S. The molecule has 4 aromatic rings. The van der Waals surface area contributed by atoms with Gasteiger partial charge in [-0.2, -0.15) is 0 Å². The Bertz CT molecular complexity index is 1300. The summed E-state index contributed by atoms with van der Waals surface area (Å²) < 4.78 is 6.35. The predicted molar refractivity (Wildman–Crippen MR) is 121 cm³/mol. The van der Waals surface area contributed by atoms with E-state index in [0.717, 1.165) is 38.7 Å². The molecule has 4 rings (SSSR count). The maximum atomic E-state index is 12.4. The van der Waals surface area contributed by atoms with Crippen LogP contribution in [0.5, 0.6) is 5.75 Å². The van der Waals surface area contributed by atoms with Crippen LogP contribution in [0.3, 0.4) is 0 Å². The zero-order chi connectivity index (χ0) is 21.5. The van der Waals surface area contributed by atoms with Crippen molar-refractivity contribution in [2.75, 3.05) is 13.7 Å². The van der Waals surface area contributed by atoms with Gasteiger partial charge in [-0.15, -0.1) is 11.3 Å². The Labute approximate surface area is 177 Å². The average molecular weight is 423 g/mol. The molecule has 0 radical (unpaired) electrons. The molecule has 3 N–H and O–H groups in total. The molecule has 0 unspecified atom stereocenters. The fourth-order valence-electron chi connectivity index (χ4n) is 3.77. The number of benzene rings is 2. The van der Waals surface area contributed by atoms with Gasteiger partial charge < -0.3 is 20.1 Å². The lowest BCUT2D eigenvalue weighted by Gasteiger charge is -2.25. The molecule has 2 heterocycles. The van der Waals surface area contributed by atoms with Crippen LogP contribution in [0.4, 0.5) is 4.79 Å². The second kappa shape index (κ2) is 7.50. The first kappa shape index (κ1) is 20.0. The second-order valence-electron chi connectivity index (χ2n) is 7.80. The molecule has 0 aliphatic rings. The molecular weight excluding hydrogens is 400 g/mol. The van der Waals surface area contributed by atoms with Gasteiger partial charge in [0.25, 0.3) is 5.56 Å². The number of hydrogen-bond donors (Lipinski definition) is 3. The minimum atomic E-state index is -1.03. The van der Waals surface area contributed by atoms with Crippen molar-refractivity contribution in [2.45, 2.75) is 19.3 Å². The Kier molecular flexibility index (Phi) is 4.99. The highest BCUT2D eigenvalue weighted by atomic mass is 32.1. The third-order valence-corrected chi connectivity index (χ3v) is 6.33. The molecule has 0 bridgehead atoms. The summed E-state index contributed by atoms with van der Waals surface area (Å²) in [5.41, 5.74) is 3.22. The maximum absolute atomic E-state index is 12.4. The fourth-order valence-corrected chi connectivity index (χ4v) is 4.57. The number of carboxylic acid groups (broad SMARTS) is 1. The molecule has 0 aliphatic heterocycles. The van der Waals surface area contributed by atoms with E-state index < -0.39 is 6.09 Å². The van der Waals surface area contributed by atoms with Crippen LogP contribution in [-0.4, -0.2) is 29.8 Å². The van der Waals surface area contributed by atoms with Crippen molar-refractivity contribution >= 4 is 38.4 Å². The van der Waals surface area contributed by atoms with Crippen LogP contribution in [0.15, 0.2) is 52.6 Å². The summed E-state index contributed by atoms with van der Waals surface area (Å²) in [6, 6.07) is 13.7. The topological polar surface area (TPSA) is 91.4 Å². The van der Waals surface area contributed by atoms with Crippen molar-refractivity contribution in [1.82, 2.24) is 10.3 Å². The second-order valence-corrected chi connectivity index (χ2v) is 8.72. The number of H-pyrrole nitrogens is 1. The van der Waals surface area contributed by atoms with Crippen molar-refractivity contribution in [3.8, 4) is 16.9 Å². The average Bonchev–Trinajstić information content (AvgIpc) is 3.22. The molecule has 1 amide bonds. The summed E-state index contributed by atoms with van der Waals surface area (Å²) >= 11 is 1.42. The van der Waals surface area contributed by atoms with E-state index in [2.05, 4.69) is 10.3 Å². The third kappa shape index (κ3) is 3.41. The van der Waals surface area contributed by atoms with Crippen molar-refractivity contribution in [2.24, 2.45) is 0 Å². The van der Waals surface area contributed by atoms with Crippen LogP contribution < -0.4 is 15.6 Å². The van der Waals surface area contributed by atoms with Gasteiger partial charge in [0.2, 0.25) is 0 Å². The lowest BCUT2D eigenvalue weighted by molar-refractivity contribution is 0.192. The number of rotatable bonds is 5. The van der Waals surface area contributed by atoms with E-state index in [0.29, 0.717) is 11.2 Å². The van der Waals surface area contributed by atoms with Crippen molar-refractivity contribution < 1.29 is 14.6 Å². The quantitative estimate of drug-likeness (QED) is 0.424. The molecule has 0 saturated carbocycles. The highest BCUT2D eigenvalue weighted by molar-refractivity contribution is 7.17. The van der Waals surface area contributed by atoms with Crippen LogP contribution in [0.25, 0.3) is 32.1 Å². The highest BCUT2D eigenvalue weighted by Gasteiger charge is 2.22. The van der Waals surface area contributed by atoms with Crippen molar-refractivity contribution in [3.05, 3.63) is 63.8 Å². The largest absolute Gasteiger partial charge is 0.496 e. The van der Waals surface area contributed by atoms with Crippen molar-refractivity contribution in [3.63, 3.8) is 0 Å². The van der Waals surface area contributed by atoms with Crippen LogP contribution in [0, 0.1) is 0 Å². The van der Waals surface area contributed by atoms with Gasteiger partial charge in [-0.1, -0.05) is 38.1 Å². The van der Waals surface area contributed by atoms with Crippen LogP contribution in [-0.2, 0) is 5.41 Å². The summed E-state index contributed by atoms with van der Waals surface area (Å²) in [4.78, 5) is 26.2. The number of methoxy groups -OCH3 is 1. The molecule has 0 saturated heterocycles. The Morgan fingerprint density at radius 3 is 2.57 bits per heavy atom. The van der Waals surface area contributed by atoms with Gasteiger partial charge >= 0.3 is 6.09 Å². The first-order valence-corrected chi connectivity index (χ1v) is 10.4. The Hall–Kier alpha value is -3.32. The molecule has 6 nitrogen and oxygen atoms in total. The molecule has 0 spiro atoms. The summed E-state index contributed by atoms with van der Waals surface area (Å²) in [6.45, 7) is 4.31. The molecule has 0 fully saturated rings. The van der Waals surface area contributed by atoms with E-state index in [9.17, 15) is 9.59 Å². The van der Waals surface area contributed by atoms with E-state index in [1.807, 2.05) is 61.7 Å². The summed E-state index contributed by atoms with van der Waals surface area (Å²) in [6.07, 6.45) is -1.03. The van der Waals surface area contributed by atoms with Gasteiger partial charge in [-0.25, -0.2) is 4.79 Å². The van der Waals surface area contributed by atoms with Gasteiger partial charge in [0.15, 0.2) is 0 Å². The standard InChI is InChI=1S/C23H22N2O4S/c1-23(2,12-24-22(27)28)14-6-4-13(5-7-14)18-17(29-3)9-8-16-19(18)15-10-11-30-20(15)21(26)25-16/h4-11,24H,12H2,1-3H3,(H,25,26)(H,27,28). The zero-order valence-corrected chi connectivity index (χ0v) is 17.7. The minimum absolute atomic E-state index is 0.0911. The van der Waals surface area contributed by atoms with E-state index in [1.54, 1.807) is 7.11 Å². The first-order chi connectivity index (χ1) is 14.3. The monoisotopic (exact) mass is 422 g/mol. The van der Waals surface area contributed by atoms with Gasteiger partial charge in [-0.05, 0) is 34.7 Å². The highest BCUT2D eigenvalue weighted by Crippen LogP contribution is 2.40. The van der Waals surface area contributed by atoms with Crippen LogP contribution >= 0.6 is 11.3 Å². The van der Waals surface area contributed by atoms with E-state index >= 15 is 0 Å². The Balaban J connectivity index is 1.88. The minimum Gasteiger partial charge on any atom is -0.496 e. The molecule has 0 aliphatic carbocycles. The Morgan fingerprint density at radius 2 is 1.90 bits per heavy atom. The molecule has 7 heteroatoms. The maximum Gasteiger partial charge on any atom is 0.404 e. The van der Waals surface area contributed by atoms with Gasteiger partial charge in [0, 0.05) is 33.8 Å². The first-order valence-electron chi connectivity index (χ1n) is 9.50. The molecule has 0 atom stereocenters. The van der Waals surface area contributed by atoms with E-state index in [4.69, 9.17) is 9.84 Å². The Morgan fingerprint density at radius 1 is 1.17 bits per heavy atom. The van der Waals surface area contributed by atoms with Gasteiger partial charge in [0.05, 0.1) is 7.11 Å². The summed E-state index contributed by atoms with van der Waals surface area (Å²) in [5.74, 6) is 0.724. The number of pyridine rings is 1. The summed E-state index contributed by atoms with van der Waals surface area (Å²) in [7, 11) is 1.64. The van der Waals surface area contributed by atoms with Crippen molar-refractivity contribution in [1.29, 1.82) is 0 Å². The van der Waals surface area contributed by atoms with E-state index in [-0.39, 0.29) is 11.0 Å². The lowest BCUT2D eigenvalue weighted by atomic mass is 9.83. The number of hydrogen-bond acceptors (Lipinski definition) is 4. The molecule has 2 aromatic heterocycles. The molecule has 154 valence electrons. The number of ether oxygens (including phenoxy) is 1. The van der Waals surface area contributed by atoms with Crippen LogP contribution in [0.1, 0.15) is 19.4 Å².